The number of thiazole rings is 1. The van der Waals surface area contributed by atoms with E-state index in [9.17, 15) is 4.79 Å². The van der Waals surface area contributed by atoms with Crippen LogP contribution in [0.2, 0.25) is 0 Å². The lowest BCUT2D eigenvalue weighted by Crippen LogP contribution is -2.22. The molecule has 1 aliphatic heterocycles. The molecule has 0 fully saturated rings. The van der Waals surface area contributed by atoms with Crippen molar-refractivity contribution in [2.45, 2.75) is 43.9 Å². The highest BCUT2D eigenvalue weighted by molar-refractivity contribution is 7.98. The predicted octanol–water partition coefficient (Wildman–Crippen LogP) is 3.58. The quantitative estimate of drug-likeness (QED) is 0.399. The number of fused-ring (bicyclic) bond motifs is 3. The summed E-state index contributed by atoms with van der Waals surface area (Å²) in [6.07, 6.45) is 2.12. The Bertz CT molecular complexity index is 831. The van der Waals surface area contributed by atoms with E-state index in [-0.39, 0.29) is 5.91 Å². The first kappa shape index (κ1) is 18.7. The number of thioether (sulfide) groups is 1. The van der Waals surface area contributed by atoms with E-state index in [1.807, 2.05) is 11.8 Å². The normalized spacial score (nSPS) is 13.1. The van der Waals surface area contributed by atoms with E-state index in [1.165, 1.54) is 16.7 Å². The van der Waals surface area contributed by atoms with Crippen LogP contribution in [0.25, 0.3) is 11.3 Å². The average Bonchev–Trinajstić information content (AvgIpc) is 3.02. The number of carbonyl (C=O) groups is 1. The number of amides is 1. The molecule has 138 valence electrons. The lowest BCUT2D eigenvalue weighted by atomic mass is 10.1. The Hall–Kier alpha value is -2.06. The van der Waals surface area contributed by atoms with Crippen molar-refractivity contribution >= 4 is 40.1 Å². The molecule has 26 heavy (non-hydrogen) atoms. The van der Waals surface area contributed by atoms with Crippen LogP contribution < -0.4 is 16.4 Å². The molecule has 0 bridgehead atoms. The van der Waals surface area contributed by atoms with Gasteiger partial charge in [0.05, 0.1) is 5.69 Å². The number of nitrogens with two attached hydrogens (primary N) is 1. The fourth-order valence-corrected chi connectivity index (χ4v) is 4.68. The second kappa shape index (κ2) is 8.55. The number of guanidine groups is 1. The van der Waals surface area contributed by atoms with Gasteiger partial charge < -0.3 is 16.4 Å². The van der Waals surface area contributed by atoms with Gasteiger partial charge in [-0.25, -0.2) is 4.98 Å². The molecule has 1 amide bonds. The number of hydrogen-bond acceptors (Lipinski definition) is 5. The second-order valence-corrected chi connectivity index (χ2v) is 8.17. The molecule has 0 radical (unpaired) electrons. The van der Waals surface area contributed by atoms with Crippen molar-refractivity contribution in [3.05, 3.63) is 28.6 Å². The van der Waals surface area contributed by atoms with Crippen LogP contribution >= 0.6 is 23.1 Å². The largest absolute Gasteiger partial charge is 0.370 e. The molecular formula is C18H23N5OS2. The highest BCUT2D eigenvalue weighted by Crippen LogP contribution is 2.44. The van der Waals surface area contributed by atoms with Gasteiger partial charge in [-0.15, -0.1) is 23.1 Å². The summed E-state index contributed by atoms with van der Waals surface area (Å²) in [7, 11) is 0. The van der Waals surface area contributed by atoms with Crippen molar-refractivity contribution in [3.63, 3.8) is 0 Å². The van der Waals surface area contributed by atoms with Gasteiger partial charge in [0, 0.05) is 41.1 Å². The molecular weight excluding hydrogens is 366 g/mol. The van der Waals surface area contributed by atoms with Gasteiger partial charge >= 0.3 is 0 Å². The molecule has 2 heterocycles. The van der Waals surface area contributed by atoms with Gasteiger partial charge in [-0.3, -0.25) is 9.79 Å². The molecule has 0 aliphatic carbocycles. The minimum Gasteiger partial charge on any atom is -0.370 e. The summed E-state index contributed by atoms with van der Waals surface area (Å²) in [6.45, 7) is 4.90. The van der Waals surface area contributed by atoms with Gasteiger partial charge in [0.15, 0.2) is 11.1 Å². The minimum absolute atomic E-state index is 0.0317. The number of benzene rings is 1. The predicted molar refractivity (Wildman–Crippen MR) is 110 cm³/mol. The summed E-state index contributed by atoms with van der Waals surface area (Å²) in [5.74, 6) is 1.28. The third-order valence-corrected chi connectivity index (χ3v) is 6.18. The number of anilines is 1. The topological polar surface area (TPSA) is 92.4 Å². The lowest BCUT2D eigenvalue weighted by Gasteiger charge is -2.15. The van der Waals surface area contributed by atoms with Crippen LogP contribution in [0.5, 0.6) is 0 Å². The molecule has 0 saturated heterocycles. The van der Waals surface area contributed by atoms with Gasteiger partial charge in [-0.2, -0.15) is 0 Å². The van der Waals surface area contributed by atoms with Crippen molar-refractivity contribution in [3.8, 4) is 11.3 Å². The first-order chi connectivity index (χ1) is 12.6. The molecule has 8 heteroatoms. The molecule has 1 aliphatic rings. The maximum absolute atomic E-state index is 11.1. The molecule has 0 atom stereocenters. The van der Waals surface area contributed by atoms with E-state index < -0.39 is 0 Å². The smallest absolute Gasteiger partial charge is 0.217 e. The summed E-state index contributed by atoms with van der Waals surface area (Å²) in [5.41, 5.74) is 9.13. The van der Waals surface area contributed by atoms with Crippen LogP contribution in [0.4, 0.5) is 5.13 Å². The monoisotopic (exact) mass is 389 g/mol. The molecule has 2 aromatic rings. The van der Waals surface area contributed by atoms with E-state index in [1.54, 1.807) is 11.3 Å². The third-order valence-electron chi connectivity index (χ3n) is 3.93. The van der Waals surface area contributed by atoms with Crippen molar-refractivity contribution in [2.24, 2.45) is 10.7 Å². The molecule has 0 saturated carbocycles. The summed E-state index contributed by atoms with van der Waals surface area (Å²) < 4.78 is 0. The molecule has 3 rings (SSSR count). The number of hydrogen-bond donors (Lipinski definition) is 3. The summed E-state index contributed by atoms with van der Waals surface area (Å²) in [4.78, 5) is 22.6. The Balaban J connectivity index is 1.80. The van der Waals surface area contributed by atoms with E-state index in [0.717, 1.165) is 47.1 Å². The van der Waals surface area contributed by atoms with Crippen LogP contribution in [0, 0.1) is 0 Å². The first-order valence-electron chi connectivity index (χ1n) is 8.64. The third kappa shape index (κ3) is 4.56. The highest BCUT2D eigenvalue weighted by Gasteiger charge is 2.22. The Morgan fingerprint density at radius 1 is 1.42 bits per heavy atom. The number of nitrogens with one attached hydrogen (secondary N) is 2. The number of nitrogens with zero attached hydrogens (tertiary/aromatic N) is 2. The summed E-state index contributed by atoms with van der Waals surface area (Å²) in [6, 6.07) is 6.27. The molecule has 6 nitrogen and oxygen atoms in total. The standard InChI is InChI=1S/C18H23N5OS2/c1-3-4-7-20-17(19)23-18-22-16-13-8-12(9-21-11(2)24)5-6-14(13)25-10-15(16)26-18/h5-6,8H,3-4,7,9-10H2,1-2H3,(H,21,24)(H3,19,20,22,23). The van der Waals surface area contributed by atoms with Gasteiger partial charge in [-0.05, 0) is 24.1 Å². The van der Waals surface area contributed by atoms with Crippen LogP contribution in [0.3, 0.4) is 0 Å². The zero-order chi connectivity index (χ0) is 18.5. The Morgan fingerprint density at radius 2 is 2.27 bits per heavy atom. The van der Waals surface area contributed by atoms with E-state index in [4.69, 9.17) is 10.7 Å². The number of aliphatic imine (C=N–C) groups is 1. The lowest BCUT2D eigenvalue weighted by molar-refractivity contribution is -0.119. The average molecular weight is 390 g/mol. The molecule has 1 aromatic heterocycles. The molecule has 4 N–H and O–H groups in total. The fourth-order valence-electron chi connectivity index (χ4n) is 2.59. The summed E-state index contributed by atoms with van der Waals surface area (Å²) >= 11 is 3.42. The number of unbranched alkanes of at least 4 members (excludes halogenated alkanes) is 1. The Kier molecular flexibility index (Phi) is 6.16. The zero-order valence-electron chi connectivity index (χ0n) is 15.0. The number of carbonyl (C=O) groups excluding carboxylic acids is 1. The zero-order valence-corrected chi connectivity index (χ0v) is 16.6. The van der Waals surface area contributed by atoms with Crippen LogP contribution in [0.1, 0.15) is 37.1 Å². The minimum atomic E-state index is -0.0317. The fraction of sp³-hybridized carbons (Fsp3) is 0.389. The van der Waals surface area contributed by atoms with Crippen molar-refractivity contribution < 1.29 is 4.79 Å². The number of rotatable bonds is 6. The Labute approximate surface area is 161 Å². The van der Waals surface area contributed by atoms with E-state index in [2.05, 4.69) is 40.7 Å². The van der Waals surface area contributed by atoms with Crippen LogP contribution in [-0.2, 0) is 17.1 Å². The first-order valence-corrected chi connectivity index (χ1v) is 10.4. The van der Waals surface area contributed by atoms with Crippen LogP contribution in [-0.4, -0.2) is 23.4 Å². The molecule has 0 spiro atoms. The van der Waals surface area contributed by atoms with E-state index in [0.29, 0.717) is 12.5 Å². The highest BCUT2D eigenvalue weighted by atomic mass is 32.2. The maximum Gasteiger partial charge on any atom is 0.217 e. The molecule has 1 aromatic carbocycles. The van der Waals surface area contributed by atoms with Crippen molar-refractivity contribution in [1.29, 1.82) is 0 Å². The summed E-state index contributed by atoms with van der Waals surface area (Å²) in [5, 5.41) is 6.72. The number of aromatic nitrogens is 1. The van der Waals surface area contributed by atoms with Crippen molar-refractivity contribution in [1.82, 2.24) is 10.3 Å². The van der Waals surface area contributed by atoms with Gasteiger partial charge in [0.1, 0.15) is 0 Å². The van der Waals surface area contributed by atoms with Gasteiger partial charge in [0.2, 0.25) is 5.91 Å². The van der Waals surface area contributed by atoms with Crippen molar-refractivity contribution in [2.75, 3.05) is 11.9 Å². The van der Waals surface area contributed by atoms with E-state index >= 15 is 0 Å². The molecule has 0 unspecified atom stereocenters. The maximum atomic E-state index is 11.1. The second-order valence-electron chi connectivity index (χ2n) is 6.07. The Morgan fingerprint density at radius 3 is 3.04 bits per heavy atom. The van der Waals surface area contributed by atoms with Crippen LogP contribution in [0.15, 0.2) is 28.1 Å². The SMILES string of the molecule is CCCCN=C(N)Nc1nc2c(s1)CSc1ccc(CNC(C)=O)cc1-2. The van der Waals surface area contributed by atoms with Gasteiger partial charge in [0.25, 0.3) is 0 Å². The van der Waals surface area contributed by atoms with Gasteiger partial charge in [-0.1, -0.05) is 19.4 Å².